The minimum Gasteiger partial charge on any atom is -0.398 e. The summed E-state index contributed by atoms with van der Waals surface area (Å²) in [6, 6.07) is 5.64. The quantitative estimate of drug-likeness (QED) is 0.364. The summed E-state index contributed by atoms with van der Waals surface area (Å²) in [5, 5.41) is -0.262. The van der Waals surface area contributed by atoms with Gasteiger partial charge in [0.05, 0.1) is 5.25 Å². The zero-order chi connectivity index (χ0) is 11.7. The SMILES string of the molecule is NC(N)=NC(=O)C1Cc2c(N)cccc2S1. The smallest absolute Gasteiger partial charge is 0.262 e. The zero-order valence-corrected chi connectivity index (χ0v) is 9.33. The molecular weight excluding hydrogens is 224 g/mol. The zero-order valence-electron chi connectivity index (χ0n) is 8.51. The minimum absolute atomic E-state index is 0.200. The molecule has 0 aliphatic carbocycles. The second-order valence-electron chi connectivity index (χ2n) is 3.51. The predicted octanol–water partition coefficient (Wildman–Crippen LogP) is 0.0856. The Hall–Kier alpha value is -1.69. The average molecular weight is 236 g/mol. The van der Waals surface area contributed by atoms with E-state index in [1.54, 1.807) is 0 Å². The maximum atomic E-state index is 11.6. The molecule has 1 unspecified atom stereocenters. The van der Waals surface area contributed by atoms with Gasteiger partial charge in [-0.15, -0.1) is 11.8 Å². The molecule has 1 aliphatic rings. The highest BCUT2D eigenvalue weighted by Gasteiger charge is 2.29. The van der Waals surface area contributed by atoms with Gasteiger partial charge in [-0.05, 0) is 24.1 Å². The summed E-state index contributed by atoms with van der Waals surface area (Å²) in [6.45, 7) is 0. The first kappa shape index (κ1) is 10.8. The molecule has 0 saturated carbocycles. The minimum atomic E-state index is -0.305. The summed E-state index contributed by atoms with van der Waals surface area (Å²) < 4.78 is 0. The molecule has 1 aromatic carbocycles. The lowest BCUT2D eigenvalue weighted by molar-refractivity contribution is -0.117. The number of rotatable bonds is 1. The molecule has 0 spiro atoms. The van der Waals surface area contributed by atoms with E-state index in [2.05, 4.69) is 4.99 Å². The second kappa shape index (κ2) is 4.05. The van der Waals surface area contributed by atoms with Crippen LogP contribution in [0.25, 0.3) is 0 Å². The average Bonchev–Trinajstić information content (AvgIpc) is 2.61. The molecule has 2 rings (SSSR count). The number of carbonyl (C=O) groups excluding carboxylic acids is 1. The number of anilines is 1. The van der Waals surface area contributed by atoms with Crippen LogP contribution in [0.4, 0.5) is 5.69 Å². The number of nitrogen functional groups attached to an aromatic ring is 1. The number of benzene rings is 1. The van der Waals surface area contributed by atoms with E-state index in [1.807, 2.05) is 18.2 Å². The van der Waals surface area contributed by atoms with Crippen molar-refractivity contribution in [2.45, 2.75) is 16.6 Å². The summed E-state index contributed by atoms with van der Waals surface area (Å²) in [5.41, 5.74) is 17.9. The Morgan fingerprint density at radius 1 is 1.44 bits per heavy atom. The number of guanidine groups is 1. The summed E-state index contributed by atoms with van der Waals surface area (Å²) in [4.78, 5) is 16.2. The Balaban J connectivity index is 2.20. The van der Waals surface area contributed by atoms with Crippen molar-refractivity contribution in [3.8, 4) is 0 Å². The lowest BCUT2D eigenvalue weighted by Crippen LogP contribution is -2.27. The van der Waals surface area contributed by atoms with Crippen LogP contribution in [0.3, 0.4) is 0 Å². The van der Waals surface area contributed by atoms with E-state index >= 15 is 0 Å². The number of aliphatic imine (C=N–C) groups is 1. The predicted molar refractivity (Wildman–Crippen MR) is 65.0 cm³/mol. The van der Waals surface area contributed by atoms with Crippen LogP contribution in [-0.2, 0) is 11.2 Å². The van der Waals surface area contributed by atoms with Gasteiger partial charge in [-0.25, -0.2) is 0 Å². The highest BCUT2D eigenvalue weighted by atomic mass is 32.2. The summed E-state index contributed by atoms with van der Waals surface area (Å²) >= 11 is 1.45. The molecular formula is C10H12N4OS. The Morgan fingerprint density at radius 2 is 2.19 bits per heavy atom. The van der Waals surface area contributed by atoms with Crippen LogP contribution in [0.15, 0.2) is 28.1 Å². The van der Waals surface area contributed by atoms with E-state index in [4.69, 9.17) is 17.2 Å². The van der Waals surface area contributed by atoms with Gasteiger partial charge in [-0.2, -0.15) is 4.99 Å². The number of carbonyl (C=O) groups is 1. The molecule has 0 aromatic heterocycles. The maximum Gasteiger partial charge on any atom is 0.262 e. The van der Waals surface area contributed by atoms with Gasteiger partial charge in [-0.1, -0.05) is 6.07 Å². The lowest BCUT2D eigenvalue weighted by Gasteiger charge is -2.02. The van der Waals surface area contributed by atoms with Gasteiger partial charge in [0.2, 0.25) is 0 Å². The monoisotopic (exact) mass is 236 g/mol. The molecule has 1 aromatic rings. The van der Waals surface area contributed by atoms with Gasteiger partial charge in [-0.3, -0.25) is 4.79 Å². The molecule has 0 saturated heterocycles. The fraction of sp³-hybridized carbons (Fsp3) is 0.200. The number of nitrogens with two attached hydrogens (primary N) is 3. The standard InChI is InChI=1S/C10H12N4OS/c11-6-2-1-3-7-5(6)4-8(16-7)9(15)14-10(12)13/h1-3,8H,4,11H2,(H4,12,13,14,15). The molecule has 6 heteroatoms. The molecule has 0 radical (unpaired) electrons. The Morgan fingerprint density at radius 3 is 2.81 bits per heavy atom. The molecule has 5 nitrogen and oxygen atoms in total. The molecule has 6 N–H and O–H groups in total. The highest BCUT2D eigenvalue weighted by molar-refractivity contribution is 8.01. The van der Waals surface area contributed by atoms with Gasteiger partial charge in [0.1, 0.15) is 0 Å². The van der Waals surface area contributed by atoms with E-state index in [9.17, 15) is 4.79 Å². The van der Waals surface area contributed by atoms with E-state index in [0.717, 1.165) is 10.5 Å². The third-order valence-corrected chi connectivity index (χ3v) is 3.63. The largest absolute Gasteiger partial charge is 0.398 e. The first-order valence-electron chi connectivity index (χ1n) is 4.75. The molecule has 1 amide bonds. The Kier molecular flexibility index (Phi) is 2.74. The van der Waals surface area contributed by atoms with Gasteiger partial charge in [0.25, 0.3) is 5.91 Å². The third kappa shape index (κ3) is 1.96. The first-order chi connectivity index (χ1) is 7.58. The maximum absolute atomic E-state index is 11.6. The molecule has 16 heavy (non-hydrogen) atoms. The normalized spacial score (nSPS) is 17.9. The van der Waals surface area contributed by atoms with Crippen molar-refractivity contribution < 1.29 is 4.79 Å². The molecule has 0 fully saturated rings. The van der Waals surface area contributed by atoms with Gasteiger partial charge < -0.3 is 17.2 Å². The van der Waals surface area contributed by atoms with Crippen LogP contribution in [-0.4, -0.2) is 17.1 Å². The number of hydrogen-bond acceptors (Lipinski definition) is 3. The van der Waals surface area contributed by atoms with Crippen LogP contribution in [0.5, 0.6) is 0 Å². The molecule has 84 valence electrons. The fourth-order valence-electron chi connectivity index (χ4n) is 1.63. The summed E-state index contributed by atoms with van der Waals surface area (Å²) in [6.07, 6.45) is 0.586. The van der Waals surface area contributed by atoms with E-state index in [1.165, 1.54) is 11.8 Å². The number of nitrogens with zero attached hydrogens (tertiary/aromatic N) is 1. The van der Waals surface area contributed by atoms with Gasteiger partial charge in [0, 0.05) is 10.6 Å². The lowest BCUT2D eigenvalue weighted by atomic mass is 10.1. The number of amides is 1. The molecule has 1 atom stereocenters. The molecule has 0 bridgehead atoms. The van der Waals surface area contributed by atoms with E-state index < -0.39 is 0 Å². The Labute approximate surface area is 97.1 Å². The van der Waals surface area contributed by atoms with Crippen molar-refractivity contribution in [3.05, 3.63) is 23.8 Å². The summed E-state index contributed by atoms with van der Waals surface area (Å²) in [7, 11) is 0. The van der Waals surface area contributed by atoms with E-state index in [-0.39, 0.29) is 17.1 Å². The fourth-order valence-corrected chi connectivity index (χ4v) is 2.84. The van der Waals surface area contributed by atoms with Crippen LogP contribution in [0.2, 0.25) is 0 Å². The summed E-state index contributed by atoms with van der Waals surface area (Å²) in [5.74, 6) is -0.505. The second-order valence-corrected chi connectivity index (χ2v) is 4.75. The third-order valence-electron chi connectivity index (χ3n) is 2.34. The van der Waals surface area contributed by atoms with Crippen LogP contribution < -0.4 is 17.2 Å². The van der Waals surface area contributed by atoms with Crippen molar-refractivity contribution in [3.63, 3.8) is 0 Å². The number of hydrogen-bond donors (Lipinski definition) is 3. The van der Waals surface area contributed by atoms with Crippen LogP contribution in [0.1, 0.15) is 5.56 Å². The van der Waals surface area contributed by atoms with Gasteiger partial charge in [0.15, 0.2) is 5.96 Å². The highest BCUT2D eigenvalue weighted by Crippen LogP contribution is 2.40. The van der Waals surface area contributed by atoms with Crippen LogP contribution >= 0.6 is 11.8 Å². The number of fused-ring (bicyclic) bond motifs is 1. The Bertz CT molecular complexity index is 468. The van der Waals surface area contributed by atoms with Crippen molar-refractivity contribution in [2.75, 3.05) is 5.73 Å². The van der Waals surface area contributed by atoms with Crippen molar-refractivity contribution >= 4 is 29.3 Å². The molecule has 1 heterocycles. The first-order valence-corrected chi connectivity index (χ1v) is 5.63. The topological polar surface area (TPSA) is 107 Å². The van der Waals surface area contributed by atoms with Crippen molar-refractivity contribution in [2.24, 2.45) is 16.5 Å². The molecule has 1 aliphatic heterocycles. The van der Waals surface area contributed by atoms with Crippen molar-refractivity contribution in [1.82, 2.24) is 0 Å². The van der Waals surface area contributed by atoms with E-state index in [0.29, 0.717) is 12.1 Å². The number of thioether (sulfide) groups is 1. The van der Waals surface area contributed by atoms with Crippen molar-refractivity contribution in [1.29, 1.82) is 0 Å². The van der Waals surface area contributed by atoms with Crippen LogP contribution in [0, 0.1) is 0 Å². The van der Waals surface area contributed by atoms with Gasteiger partial charge >= 0.3 is 0 Å².